The second-order valence-electron chi connectivity index (χ2n) is 4.10. The molecule has 1 aliphatic heterocycles. The summed E-state index contributed by atoms with van der Waals surface area (Å²) in [4.78, 5) is 3.33. The molecule has 1 aromatic heterocycles. The van der Waals surface area contributed by atoms with Gasteiger partial charge in [0.2, 0.25) is 10.0 Å². The van der Waals surface area contributed by atoms with Crippen molar-refractivity contribution in [1.82, 2.24) is 9.29 Å². The Morgan fingerprint density at radius 2 is 2.22 bits per heavy atom. The molecule has 0 saturated carbocycles. The van der Waals surface area contributed by atoms with Crippen LogP contribution in [0.1, 0.15) is 19.3 Å². The van der Waals surface area contributed by atoms with Crippen LogP contribution >= 0.6 is 0 Å². The zero-order chi connectivity index (χ0) is 13.2. The lowest BCUT2D eigenvalue weighted by Crippen LogP contribution is -2.42. The van der Waals surface area contributed by atoms with Gasteiger partial charge in [-0.1, -0.05) is 0 Å². The Labute approximate surface area is 105 Å². The van der Waals surface area contributed by atoms with E-state index in [2.05, 4.69) is 4.98 Å². The predicted molar refractivity (Wildman–Crippen MR) is 61.3 cm³/mol. The molecule has 7 heteroatoms. The summed E-state index contributed by atoms with van der Waals surface area (Å²) in [5, 5.41) is 8.98. The fraction of sp³-hybridized carbons (Fsp3) is 0.455. The van der Waals surface area contributed by atoms with E-state index in [1.165, 1.54) is 0 Å². The molecule has 1 aliphatic rings. The van der Waals surface area contributed by atoms with Crippen molar-refractivity contribution in [2.75, 3.05) is 6.54 Å². The van der Waals surface area contributed by atoms with Crippen LogP contribution in [0.2, 0.25) is 0 Å². The van der Waals surface area contributed by atoms with E-state index in [-0.39, 0.29) is 11.4 Å². The van der Waals surface area contributed by atoms with Crippen molar-refractivity contribution in [2.45, 2.75) is 30.2 Å². The number of pyridine rings is 1. The molecule has 2 heterocycles. The normalized spacial score (nSPS) is 21.4. The smallest absolute Gasteiger partial charge is 0.245 e. The third-order valence-corrected chi connectivity index (χ3v) is 4.76. The van der Waals surface area contributed by atoms with E-state index >= 15 is 0 Å². The zero-order valence-electron chi connectivity index (χ0n) is 9.58. The molecule has 0 N–H and O–H groups in total. The van der Waals surface area contributed by atoms with Crippen LogP contribution in [0.15, 0.2) is 23.4 Å². The van der Waals surface area contributed by atoms with Crippen molar-refractivity contribution >= 4 is 10.0 Å². The molecule has 1 saturated heterocycles. The predicted octanol–water partition coefficient (Wildman–Crippen LogP) is 1.29. The van der Waals surface area contributed by atoms with E-state index in [0.717, 1.165) is 29.2 Å². The standard InChI is InChI=1S/C11H12FN3O2S/c12-9-5-11(8-14-7-9)18(16,17)15-4-2-1-3-10(15)6-13/h5,7-8,10H,1-4H2. The first-order valence-corrected chi connectivity index (χ1v) is 7.02. The van der Waals surface area contributed by atoms with Gasteiger partial charge in [0.15, 0.2) is 0 Å². The lowest BCUT2D eigenvalue weighted by atomic mass is 10.1. The highest BCUT2D eigenvalue weighted by Gasteiger charge is 2.33. The number of hydrogen-bond acceptors (Lipinski definition) is 4. The largest absolute Gasteiger partial charge is 0.260 e. The average molecular weight is 269 g/mol. The molecule has 1 unspecified atom stereocenters. The minimum absolute atomic E-state index is 0.204. The van der Waals surface area contributed by atoms with Gasteiger partial charge >= 0.3 is 0 Å². The van der Waals surface area contributed by atoms with Gasteiger partial charge in [0.05, 0.1) is 12.3 Å². The first-order chi connectivity index (χ1) is 8.55. The lowest BCUT2D eigenvalue weighted by molar-refractivity contribution is 0.297. The maximum atomic E-state index is 13.0. The molecule has 0 bridgehead atoms. The molecule has 2 rings (SSSR count). The molecule has 18 heavy (non-hydrogen) atoms. The molecular weight excluding hydrogens is 257 g/mol. The molecule has 1 atom stereocenters. The molecule has 0 aliphatic carbocycles. The van der Waals surface area contributed by atoms with Crippen LogP contribution in [0.4, 0.5) is 4.39 Å². The Balaban J connectivity index is 2.39. The number of aromatic nitrogens is 1. The molecule has 1 fully saturated rings. The van der Waals surface area contributed by atoms with Gasteiger partial charge in [-0.15, -0.1) is 0 Å². The van der Waals surface area contributed by atoms with Crippen molar-refractivity contribution < 1.29 is 12.8 Å². The molecule has 0 aromatic carbocycles. The molecule has 5 nitrogen and oxygen atoms in total. The topological polar surface area (TPSA) is 74.1 Å². The van der Waals surface area contributed by atoms with Crippen LogP contribution in [0.5, 0.6) is 0 Å². The van der Waals surface area contributed by atoms with Crippen LogP contribution in [-0.2, 0) is 10.0 Å². The molecule has 0 radical (unpaired) electrons. The summed E-state index contributed by atoms with van der Waals surface area (Å²) in [5.74, 6) is -0.707. The van der Waals surface area contributed by atoms with E-state index in [0.29, 0.717) is 12.8 Å². The van der Waals surface area contributed by atoms with Gasteiger partial charge in [-0.25, -0.2) is 12.8 Å². The lowest BCUT2D eigenvalue weighted by Gasteiger charge is -2.30. The average Bonchev–Trinajstić information content (AvgIpc) is 2.38. The minimum Gasteiger partial charge on any atom is -0.260 e. The van der Waals surface area contributed by atoms with Gasteiger partial charge in [0, 0.05) is 12.7 Å². The summed E-state index contributed by atoms with van der Waals surface area (Å²) in [5.41, 5.74) is 0. The van der Waals surface area contributed by atoms with Crippen molar-refractivity contribution in [3.05, 3.63) is 24.3 Å². The number of nitrogens with zero attached hydrogens (tertiary/aromatic N) is 3. The van der Waals surface area contributed by atoms with Gasteiger partial charge in [-0.2, -0.15) is 9.57 Å². The van der Waals surface area contributed by atoms with E-state index in [1.54, 1.807) is 0 Å². The SMILES string of the molecule is N#CC1CCCCN1S(=O)(=O)c1cncc(F)c1. The van der Waals surface area contributed by atoms with E-state index in [9.17, 15) is 12.8 Å². The number of halogens is 1. The Hall–Kier alpha value is -1.52. The third kappa shape index (κ3) is 2.35. The Morgan fingerprint density at radius 3 is 2.89 bits per heavy atom. The summed E-state index contributed by atoms with van der Waals surface area (Å²) in [6.07, 6.45) is 4.09. The fourth-order valence-corrected chi connectivity index (χ4v) is 3.57. The van der Waals surface area contributed by atoms with Crippen molar-refractivity contribution in [3.63, 3.8) is 0 Å². The van der Waals surface area contributed by atoms with Crippen LogP contribution in [-0.4, -0.2) is 30.3 Å². The highest BCUT2D eigenvalue weighted by molar-refractivity contribution is 7.89. The summed E-state index contributed by atoms with van der Waals surface area (Å²) in [6, 6.07) is 2.23. The number of piperidine rings is 1. The molecule has 1 aromatic rings. The van der Waals surface area contributed by atoms with Gasteiger partial charge in [-0.3, -0.25) is 4.98 Å². The van der Waals surface area contributed by atoms with E-state index in [4.69, 9.17) is 5.26 Å². The Kier molecular flexibility index (Phi) is 3.59. The van der Waals surface area contributed by atoms with Crippen LogP contribution < -0.4 is 0 Å². The number of nitriles is 1. The second kappa shape index (κ2) is 5.00. The van der Waals surface area contributed by atoms with Gasteiger partial charge in [0.25, 0.3) is 0 Å². The van der Waals surface area contributed by atoms with E-state index < -0.39 is 21.9 Å². The van der Waals surface area contributed by atoms with Gasteiger partial charge in [0.1, 0.15) is 16.8 Å². The first kappa shape index (κ1) is 12.9. The number of hydrogen-bond donors (Lipinski definition) is 0. The molecule has 0 amide bonds. The third-order valence-electron chi connectivity index (χ3n) is 2.89. The first-order valence-electron chi connectivity index (χ1n) is 5.58. The minimum atomic E-state index is -3.84. The van der Waals surface area contributed by atoms with Crippen molar-refractivity contribution in [3.8, 4) is 6.07 Å². The van der Waals surface area contributed by atoms with Crippen molar-refractivity contribution in [1.29, 1.82) is 5.26 Å². The van der Waals surface area contributed by atoms with Crippen LogP contribution in [0, 0.1) is 17.1 Å². The van der Waals surface area contributed by atoms with Crippen LogP contribution in [0.3, 0.4) is 0 Å². The van der Waals surface area contributed by atoms with Gasteiger partial charge in [-0.05, 0) is 25.3 Å². The Morgan fingerprint density at radius 1 is 1.44 bits per heavy atom. The summed E-state index contributed by atoms with van der Waals surface area (Å²) < 4.78 is 38.7. The fourth-order valence-electron chi connectivity index (χ4n) is 1.99. The highest BCUT2D eigenvalue weighted by Crippen LogP contribution is 2.24. The molecule has 0 spiro atoms. The van der Waals surface area contributed by atoms with E-state index in [1.807, 2.05) is 6.07 Å². The monoisotopic (exact) mass is 269 g/mol. The quantitative estimate of drug-likeness (QED) is 0.810. The summed E-state index contributed by atoms with van der Waals surface area (Å²) >= 11 is 0. The number of rotatable bonds is 2. The summed E-state index contributed by atoms with van der Waals surface area (Å²) in [7, 11) is -3.84. The zero-order valence-corrected chi connectivity index (χ0v) is 10.4. The highest BCUT2D eigenvalue weighted by atomic mass is 32.2. The maximum Gasteiger partial charge on any atom is 0.245 e. The second-order valence-corrected chi connectivity index (χ2v) is 5.99. The van der Waals surface area contributed by atoms with Crippen molar-refractivity contribution in [2.24, 2.45) is 0 Å². The summed E-state index contributed by atoms with van der Waals surface area (Å²) in [6.45, 7) is 0.289. The maximum absolute atomic E-state index is 13.0. The molecular formula is C11H12FN3O2S. The number of sulfonamides is 1. The van der Waals surface area contributed by atoms with Gasteiger partial charge < -0.3 is 0 Å². The Bertz CT molecular complexity index is 582. The molecule has 96 valence electrons. The van der Waals surface area contributed by atoms with Crippen LogP contribution in [0.25, 0.3) is 0 Å².